The van der Waals surface area contributed by atoms with Crippen molar-refractivity contribution in [1.82, 2.24) is 19.2 Å². The number of fused-ring (bicyclic) bond motifs is 4. The van der Waals surface area contributed by atoms with E-state index in [1.165, 1.54) is 16.7 Å². The molecule has 182 valence electrons. The number of rotatable bonds is 4. The first-order valence-corrected chi connectivity index (χ1v) is 12.9. The van der Waals surface area contributed by atoms with Crippen molar-refractivity contribution < 1.29 is 4.79 Å². The molecule has 0 amide bonds. The van der Waals surface area contributed by atoms with Crippen molar-refractivity contribution in [2.75, 3.05) is 0 Å². The molecule has 5 nitrogen and oxygen atoms in total. The Labute approximate surface area is 219 Å². The number of carbonyl (C=O) groups is 1. The highest BCUT2D eigenvalue weighted by atomic mass is 35.5. The van der Waals surface area contributed by atoms with Crippen molar-refractivity contribution in [2.45, 2.75) is 46.5 Å². The minimum absolute atomic E-state index is 0.0690. The van der Waals surface area contributed by atoms with Gasteiger partial charge in [0.25, 0.3) is 0 Å². The lowest BCUT2D eigenvalue weighted by molar-refractivity contribution is 0.0909. The van der Waals surface area contributed by atoms with Crippen LogP contribution in [0.2, 0.25) is 10.0 Å². The lowest BCUT2D eigenvalue weighted by Gasteiger charge is -2.32. The third kappa shape index (κ3) is 3.91. The molecule has 0 aliphatic heterocycles. The first-order chi connectivity index (χ1) is 17.2. The minimum atomic E-state index is -0.147. The molecule has 2 aromatic carbocycles. The van der Waals surface area contributed by atoms with Crippen LogP contribution in [-0.2, 0) is 12.8 Å². The average Bonchev–Trinajstić information content (AvgIpc) is 3.39. The normalized spacial score (nSPS) is 17.6. The first kappa shape index (κ1) is 23.3. The Kier molecular flexibility index (Phi) is 5.47. The van der Waals surface area contributed by atoms with Crippen molar-refractivity contribution in [3.63, 3.8) is 0 Å². The third-order valence-electron chi connectivity index (χ3n) is 7.62. The van der Waals surface area contributed by atoms with E-state index < -0.39 is 0 Å². The van der Waals surface area contributed by atoms with Gasteiger partial charge in [-0.25, -0.2) is 9.50 Å². The van der Waals surface area contributed by atoms with Crippen LogP contribution < -0.4 is 0 Å². The largest absolute Gasteiger partial charge is 0.299 e. The summed E-state index contributed by atoms with van der Waals surface area (Å²) in [5.74, 6) is 0.0690. The Morgan fingerprint density at radius 3 is 2.69 bits per heavy atom. The van der Waals surface area contributed by atoms with Crippen LogP contribution in [-0.4, -0.2) is 24.9 Å². The van der Waals surface area contributed by atoms with Crippen LogP contribution in [0, 0.1) is 19.3 Å². The van der Waals surface area contributed by atoms with Gasteiger partial charge in [-0.2, -0.15) is 5.10 Å². The van der Waals surface area contributed by atoms with E-state index >= 15 is 0 Å². The molecule has 0 saturated carbocycles. The molecule has 0 saturated heterocycles. The molecule has 0 spiro atoms. The van der Waals surface area contributed by atoms with Crippen LogP contribution in [0.15, 0.2) is 55.0 Å². The molecule has 1 unspecified atom stereocenters. The first-order valence-electron chi connectivity index (χ1n) is 12.1. The molecule has 0 radical (unpaired) electrons. The Morgan fingerprint density at radius 2 is 1.89 bits per heavy atom. The van der Waals surface area contributed by atoms with Gasteiger partial charge in [0, 0.05) is 34.5 Å². The molecule has 1 atom stereocenters. The highest BCUT2D eigenvalue weighted by Crippen LogP contribution is 2.41. The molecule has 0 N–H and O–H groups in total. The number of Topliss-reactive ketones (excluding diaryl/α,β-unsaturated/α-hetero) is 1. The molecule has 0 fully saturated rings. The maximum Gasteiger partial charge on any atom is 0.164 e. The van der Waals surface area contributed by atoms with E-state index in [2.05, 4.69) is 38.0 Å². The van der Waals surface area contributed by atoms with E-state index in [-0.39, 0.29) is 11.2 Å². The molecule has 5 aromatic rings. The number of halogens is 2. The van der Waals surface area contributed by atoms with Crippen LogP contribution in [0.3, 0.4) is 0 Å². The molecule has 3 heterocycles. The molecular weight excluding hydrogens is 491 g/mol. The Balaban J connectivity index is 1.27. The van der Waals surface area contributed by atoms with Crippen LogP contribution >= 0.6 is 23.2 Å². The number of carbonyl (C=O) groups excluding carboxylic acids is 1. The topological polar surface area (TPSA) is 52.2 Å². The van der Waals surface area contributed by atoms with Crippen LogP contribution in [0.25, 0.3) is 22.2 Å². The number of hydrogen-bond acceptors (Lipinski definition) is 3. The van der Waals surface area contributed by atoms with Crippen molar-refractivity contribution in [3.05, 3.63) is 93.0 Å². The second-order valence-corrected chi connectivity index (χ2v) is 11.2. The van der Waals surface area contributed by atoms with E-state index in [1.54, 1.807) is 6.33 Å². The standard InChI is InChI=1S/C29H26Cl2N4O/c1-17-10-26-22-13-29(3,9-8-24(22)33-35(26)15-18(17)2)14-28(36)21-6-5-20(12-23(21)31)34-16-32-25-7-4-19(30)11-27(25)34/h4-7,10-12,15-16H,8-9,13-14H2,1-3H3. The van der Waals surface area contributed by atoms with Crippen molar-refractivity contribution in [3.8, 4) is 5.69 Å². The molecule has 3 aromatic heterocycles. The fourth-order valence-electron chi connectivity index (χ4n) is 5.42. The second-order valence-electron chi connectivity index (χ2n) is 10.4. The van der Waals surface area contributed by atoms with E-state index in [0.717, 1.165) is 47.2 Å². The predicted octanol–water partition coefficient (Wildman–Crippen LogP) is 7.36. The summed E-state index contributed by atoms with van der Waals surface area (Å²) < 4.78 is 3.93. The number of imidazole rings is 1. The zero-order valence-electron chi connectivity index (χ0n) is 20.5. The summed E-state index contributed by atoms with van der Waals surface area (Å²) in [6, 6.07) is 13.4. The Morgan fingerprint density at radius 1 is 1.06 bits per heavy atom. The SMILES string of the molecule is Cc1cc2c3c(nn2cc1C)CCC(C)(CC(=O)c1ccc(-n2cnc4ccc(Cl)cc42)cc1Cl)C3. The van der Waals surface area contributed by atoms with E-state index in [4.69, 9.17) is 28.3 Å². The number of aromatic nitrogens is 4. The molecule has 1 aliphatic carbocycles. The number of benzene rings is 2. The van der Waals surface area contributed by atoms with Gasteiger partial charge in [-0.05, 0) is 92.1 Å². The van der Waals surface area contributed by atoms with Crippen LogP contribution in [0.5, 0.6) is 0 Å². The highest BCUT2D eigenvalue weighted by molar-refractivity contribution is 6.34. The van der Waals surface area contributed by atoms with Crippen molar-refractivity contribution in [1.29, 1.82) is 0 Å². The third-order valence-corrected chi connectivity index (χ3v) is 8.17. The zero-order chi connectivity index (χ0) is 25.2. The molecule has 36 heavy (non-hydrogen) atoms. The predicted molar refractivity (Wildman–Crippen MR) is 145 cm³/mol. The fourth-order valence-corrected chi connectivity index (χ4v) is 5.86. The van der Waals surface area contributed by atoms with Crippen LogP contribution in [0.1, 0.15) is 52.5 Å². The van der Waals surface area contributed by atoms with Gasteiger partial charge in [-0.15, -0.1) is 0 Å². The van der Waals surface area contributed by atoms with Gasteiger partial charge in [-0.3, -0.25) is 9.36 Å². The second kappa shape index (κ2) is 8.46. The van der Waals surface area contributed by atoms with Gasteiger partial charge in [-0.1, -0.05) is 30.1 Å². The minimum Gasteiger partial charge on any atom is -0.299 e. The molecule has 6 rings (SSSR count). The fraction of sp³-hybridized carbons (Fsp3) is 0.276. The molecule has 7 heteroatoms. The molecular formula is C29H26Cl2N4O. The van der Waals surface area contributed by atoms with Gasteiger partial charge in [0.05, 0.1) is 27.3 Å². The maximum atomic E-state index is 13.5. The van der Waals surface area contributed by atoms with Crippen molar-refractivity contribution >= 4 is 45.5 Å². The number of ketones is 1. The van der Waals surface area contributed by atoms with Gasteiger partial charge < -0.3 is 0 Å². The summed E-state index contributed by atoms with van der Waals surface area (Å²) in [5, 5.41) is 5.92. The number of nitrogens with zero attached hydrogens (tertiary/aromatic N) is 4. The van der Waals surface area contributed by atoms with Gasteiger partial charge >= 0.3 is 0 Å². The van der Waals surface area contributed by atoms with Gasteiger partial charge in [0.1, 0.15) is 6.33 Å². The van der Waals surface area contributed by atoms with Crippen molar-refractivity contribution in [2.24, 2.45) is 5.41 Å². The van der Waals surface area contributed by atoms with Gasteiger partial charge in [0.2, 0.25) is 0 Å². The highest BCUT2D eigenvalue weighted by Gasteiger charge is 2.35. The number of pyridine rings is 1. The maximum absolute atomic E-state index is 13.5. The summed E-state index contributed by atoms with van der Waals surface area (Å²) in [6.45, 7) is 6.45. The lowest BCUT2D eigenvalue weighted by Crippen LogP contribution is -2.28. The summed E-state index contributed by atoms with van der Waals surface area (Å²) in [4.78, 5) is 17.9. The summed E-state index contributed by atoms with van der Waals surface area (Å²) in [5.41, 5.74) is 9.05. The lowest BCUT2D eigenvalue weighted by atomic mass is 9.71. The smallest absolute Gasteiger partial charge is 0.164 e. The average molecular weight is 517 g/mol. The molecule has 0 bridgehead atoms. The summed E-state index contributed by atoms with van der Waals surface area (Å²) in [6.07, 6.45) is 6.92. The zero-order valence-corrected chi connectivity index (χ0v) is 22.0. The van der Waals surface area contributed by atoms with Gasteiger partial charge in [0.15, 0.2) is 5.78 Å². The Hall–Kier alpha value is -3.15. The quantitative estimate of drug-likeness (QED) is 0.234. The van der Waals surface area contributed by atoms with E-state index in [9.17, 15) is 4.79 Å². The molecule has 1 aliphatic rings. The van der Waals surface area contributed by atoms with Crippen LogP contribution in [0.4, 0.5) is 0 Å². The van der Waals surface area contributed by atoms with E-state index in [1.807, 2.05) is 45.5 Å². The monoisotopic (exact) mass is 516 g/mol. The van der Waals surface area contributed by atoms with E-state index in [0.29, 0.717) is 22.0 Å². The number of aryl methyl sites for hydroxylation is 3. The Bertz CT molecular complexity index is 1680. The number of hydrogen-bond donors (Lipinski definition) is 0. The summed E-state index contributed by atoms with van der Waals surface area (Å²) in [7, 11) is 0. The summed E-state index contributed by atoms with van der Waals surface area (Å²) >= 11 is 12.9.